The van der Waals surface area contributed by atoms with Crippen LogP contribution >= 0.6 is 0 Å². The van der Waals surface area contributed by atoms with Crippen LogP contribution in [-0.2, 0) is 6.54 Å². The normalized spacial score (nSPS) is 20.8. The van der Waals surface area contributed by atoms with Crippen LogP contribution in [0.5, 0.6) is 5.75 Å². The maximum atomic E-state index is 11.3. The van der Waals surface area contributed by atoms with Gasteiger partial charge in [-0.05, 0) is 38.3 Å². The van der Waals surface area contributed by atoms with Gasteiger partial charge in [0.25, 0.3) is 0 Å². The van der Waals surface area contributed by atoms with Gasteiger partial charge in [-0.15, -0.1) is 0 Å². The first-order valence-electron chi connectivity index (χ1n) is 8.78. The van der Waals surface area contributed by atoms with E-state index < -0.39 is 0 Å². The molecule has 1 saturated carbocycles. The van der Waals surface area contributed by atoms with Gasteiger partial charge in [-0.3, -0.25) is 14.5 Å². The average Bonchev–Trinajstić information content (AvgIpc) is 3.08. The zero-order chi connectivity index (χ0) is 16.9. The molecule has 128 valence electrons. The number of aldehydes is 1. The molecule has 1 aliphatic carbocycles. The number of hydrogen-bond acceptors (Lipinski definition) is 4. The lowest BCUT2D eigenvalue weighted by molar-refractivity contribution is 0.111. The topological polar surface area (TPSA) is 57.0 Å². The molecule has 0 aliphatic heterocycles. The Bertz CT molecular complexity index is 696. The Kier molecular flexibility index (Phi) is 5.28. The summed E-state index contributed by atoms with van der Waals surface area (Å²) in [4.78, 5) is 15.5. The van der Waals surface area contributed by atoms with Crippen LogP contribution in [-0.4, -0.2) is 27.7 Å². The highest BCUT2D eigenvalue weighted by Crippen LogP contribution is 2.38. The van der Waals surface area contributed by atoms with Crippen molar-refractivity contribution in [2.45, 2.75) is 52.0 Å². The van der Waals surface area contributed by atoms with E-state index in [9.17, 15) is 4.79 Å². The minimum atomic E-state index is 0.445. The summed E-state index contributed by atoms with van der Waals surface area (Å²) in [6.45, 7) is 5.52. The molecule has 2 unspecified atom stereocenters. The maximum absolute atomic E-state index is 11.3. The highest BCUT2D eigenvalue weighted by atomic mass is 16.5. The first-order chi connectivity index (χ1) is 11.7. The fraction of sp³-hybridized carbons (Fsp3) is 0.526. The monoisotopic (exact) mass is 327 g/mol. The van der Waals surface area contributed by atoms with Crippen LogP contribution in [0.15, 0.2) is 24.7 Å². The Hall–Kier alpha value is -2.17. The molecule has 3 rings (SSSR count). The maximum Gasteiger partial charge on any atom is 0.154 e. The van der Waals surface area contributed by atoms with E-state index in [4.69, 9.17) is 4.74 Å². The van der Waals surface area contributed by atoms with E-state index in [-0.39, 0.29) is 0 Å². The summed E-state index contributed by atoms with van der Waals surface area (Å²) in [7, 11) is 0. The molecular weight excluding hydrogens is 302 g/mol. The Morgan fingerprint density at radius 2 is 2.17 bits per heavy atom. The van der Waals surface area contributed by atoms with E-state index in [2.05, 4.69) is 27.8 Å². The molecule has 0 bridgehead atoms. The van der Waals surface area contributed by atoms with Crippen LogP contribution in [0.4, 0.5) is 0 Å². The number of rotatable bonds is 6. The molecule has 0 N–H and O–H groups in total. The van der Waals surface area contributed by atoms with E-state index in [0.717, 1.165) is 24.8 Å². The number of nitrogens with zero attached hydrogens (tertiary/aromatic N) is 3. The Morgan fingerprint density at radius 1 is 1.33 bits per heavy atom. The van der Waals surface area contributed by atoms with E-state index in [1.807, 2.05) is 13.1 Å². The van der Waals surface area contributed by atoms with Gasteiger partial charge in [0.2, 0.25) is 0 Å². The van der Waals surface area contributed by atoms with Crippen molar-refractivity contribution in [3.05, 3.63) is 41.5 Å². The van der Waals surface area contributed by atoms with Gasteiger partial charge in [0.05, 0.1) is 18.4 Å². The van der Waals surface area contributed by atoms with Crippen LogP contribution in [0.25, 0.3) is 0 Å². The van der Waals surface area contributed by atoms with Gasteiger partial charge in [-0.1, -0.05) is 12.8 Å². The molecule has 2 aromatic heterocycles. The minimum absolute atomic E-state index is 0.445. The zero-order valence-electron chi connectivity index (χ0n) is 14.4. The van der Waals surface area contributed by atoms with E-state index in [1.54, 1.807) is 12.4 Å². The number of carbonyl (C=O) groups is 1. The Morgan fingerprint density at radius 3 is 2.96 bits per heavy atom. The fourth-order valence-corrected chi connectivity index (χ4v) is 3.73. The fourth-order valence-electron chi connectivity index (χ4n) is 3.73. The van der Waals surface area contributed by atoms with Crippen LogP contribution in [0.2, 0.25) is 0 Å². The summed E-state index contributed by atoms with van der Waals surface area (Å²) >= 11 is 0. The highest BCUT2D eigenvalue weighted by Gasteiger charge is 2.29. The van der Waals surface area contributed by atoms with Crippen molar-refractivity contribution in [3.8, 4) is 5.75 Å². The smallest absolute Gasteiger partial charge is 0.154 e. The Balaban J connectivity index is 1.75. The molecule has 0 saturated heterocycles. The van der Waals surface area contributed by atoms with Gasteiger partial charge in [-0.2, -0.15) is 5.10 Å². The van der Waals surface area contributed by atoms with Crippen molar-refractivity contribution in [2.24, 2.45) is 5.92 Å². The number of hydrogen-bond donors (Lipinski definition) is 0. The number of aryl methyl sites for hydroxylation is 2. The van der Waals surface area contributed by atoms with Gasteiger partial charge < -0.3 is 4.74 Å². The predicted octanol–water partition coefficient (Wildman–Crippen LogP) is 3.77. The summed E-state index contributed by atoms with van der Waals surface area (Å²) in [5, 5.41) is 4.42. The quantitative estimate of drug-likeness (QED) is 0.758. The standard InChI is InChI=1S/C19H25N3O2/c1-3-22-18(8-9-21-22)16-7-5-4-6-15(16)13-24-19-11-20-10-14(2)17(19)12-23/h8-12,15-16H,3-7,13H2,1-2H3. The number of carbonyl (C=O) groups excluding carboxylic acids is 1. The predicted molar refractivity (Wildman–Crippen MR) is 92.5 cm³/mol. The lowest BCUT2D eigenvalue weighted by Gasteiger charge is -2.32. The molecule has 0 spiro atoms. The van der Waals surface area contributed by atoms with Crippen molar-refractivity contribution < 1.29 is 9.53 Å². The van der Waals surface area contributed by atoms with Gasteiger partial charge in [-0.25, -0.2) is 0 Å². The molecule has 1 aliphatic rings. The molecule has 2 heterocycles. The van der Waals surface area contributed by atoms with E-state index in [0.29, 0.717) is 29.8 Å². The largest absolute Gasteiger partial charge is 0.491 e. The molecule has 0 amide bonds. The third-order valence-electron chi connectivity index (χ3n) is 5.06. The SMILES string of the molecule is CCn1nccc1C1CCCCC1COc1cncc(C)c1C=O. The molecule has 1 fully saturated rings. The minimum Gasteiger partial charge on any atom is -0.491 e. The van der Waals surface area contributed by atoms with Gasteiger partial charge in [0.1, 0.15) is 5.75 Å². The summed E-state index contributed by atoms with van der Waals surface area (Å²) in [5.74, 6) is 1.51. The second-order valence-corrected chi connectivity index (χ2v) is 6.52. The second-order valence-electron chi connectivity index (χ2n) is 6.52. The van der Waals surface area contributed by atoms with E-state index >= 15 is 0 Å². The molecule has 2 aromatic rings. The van der Waals surface area contributed by atoms with Gasteiger partial charge >= 0.3 is 0 Å². The first kappa shape index (κ1) is 16.7. The summed E-state index contributed by atoms with van der Waals surface area (Å²) in [6, 6.07) is 2.14. The van der Waals surface area contributed by atoms with Crippen LogP contribution < -0.4 is 4.74 Å². The molecule has 24 heavy (non-hydrogen) atoms. The summed E-state index contributed by atoms with van der Waals surface area (Å²) in [6.07, 6.45) is 10.9. The molecular formula is C19H25N3O2. The van der Waals surface area contributed by atoms with Crippen molar-refractivity contribution in [1.82, 2.24) is 14.8 Å². The summed E-state index contributed by atoms with van der Waals surface area (Å²) in [5.41, 5.74) is 2.77. The second kappa shape index (κ2) is 7.60. The Labute approximate surface area is 143 Å². The van der Waals surface area contributed by atoms with Crippen LogP contribution in [0.1, 0.15) is 60.1 Å². The number of pyridine rings is 1. The average molecular weight is 327 g/mol. The molecule has 5 nitrogen and oxygen atoms in total. The third-order valence-corrected chi connectivity index (χ3v) is 5.06. The van der Waals surface area contributed by atoms with Crippen LogP contribution in [0.3, 0.4) is 0 Å². The zero-order valence-corrected chi connectivity index (χ0v) is 14.4. The van der Waals surface area contributed by atoms with Gasteiger partial charge in [0, 0.05) is 36.5 Å². The lowest BCUT2D eigenvalue weighted by Crippen LogP contribution is -2.26. The lowest BCUT2D eigenvalue weighted by atomic mass is 9.78. The van der Waals surface area contributed by atoms with Crippen molar-refractivity contribution in [1.29, 1.82) is 0 Å². The van der Waals surface area contributed by atoms with Crippen LogP contribution in [0, 0.1) is 12.8 Å². The molecule has 5 heteroatoms. The highest BCUT2D eigenvalue weighted by molar-refractivity contribution is 5.81. The third kappa shape index (κ3) is 3.35. The number of aromatic nitrogens is 3. The molecule has 2 atom stereocenters. The van der Waals surface area contributed by atoms with E-state index in [1.165, 1.54) is 25.0 Å². The van der Waals surface area contributed by atoms with Crippen molar-refractivity contribution in [2.75, 3.05) is 6.61 Å². The number of ether oxygens (including phenoxy) is 1. The molecule has 0 radical (unpaired) electrons. The van der Waals surface area contributed by atoms with Gasteiger partial charge in [0.15, 0.2) is 6.29 Å². The van der Waals surface area contributed by atoms with Crippen molar-refractivity contribution >= 4 is 6.29 Å². The first-order valence-corrected chi connectivity index (χ1v) is 8.78. The molecule has 0 aromatic carbocycles. The summed E-state index contributed by atoms with van der Waals surface area (Å²) < 4.78 is 8.12. The van der Waals surface area contributed by atoms with Crippen molar-refractivity contribution in [3.63, 3.8) is 0 Å².